The third-order valence-electron chi connectivity index (χ3n) is 6.33. The van der Waals surface area contributed by atoms with E-state index in [1.54, 1.807) is 24.3 Å². The van der Waals surface area contributed by atoms with Crippen LogP contribution in [0.5, 0.6) is 0 Å². The van der Waals surface area contributed by atoms with Crippen molar-refractivity contribution < 1.29 is 9.90 Å². The molecule has 2 aromatic rings. The summed E-state index contributed by atoms with van der Waals surface area (Å²) in [6, 6.07) is 21.1. The normalized spacial score (nSPS) is 22.3. The fourth-order valence-electron chi connectivity index (χ4n) is 4.90. The van der Waals surface area contributed by atoms with E-state index in [-0.39, 0.29) is 11.3 Å². The molecule has 0 saturated heterocycles. The fourth-order valence-corrected chi connectivity index (χ4v) is 5.15. The molecule has 0 aromatic heterocycles. The minimum atomic E-state index is -1.85. The summed E-state index contributed by atoms with van der Waals surface area (Å²) in [6.07, 6.45) is 1.86. The van der Waals surface area contributed by atoms with Gasteiger partial charge in [0.25, 0.3) is 0 Å². The molecule has 1 heterocycles. The maximum Gasteiger partial charge on any atom is 0.337 e. The number of halogens is 1. The zero-order chi connectivity index (χ0) is 22.9. The summed E-state index contributed by atoms with van der Waals surface area (Å²) in [7, 11) is 0. The summed E-state index contributed by atoms with van der Waals surface area (Å²) in [5, 5.41) is 30.7. The fraction of sp³-hybridized carbons (Fsp3) is 0.240. The van der Waals surface area contributed by atoms with E-state index >= 15 is 0 Å². The average Bonchev–Trinajstić information content (AvgIpc) is 2.79. The maximum atomic E-state index is 12.2. The smallest absolute Gasteiger partial charge is 0.337 e. The number of allylic oxidation sites excluding steroid dienone is 1. The number of nitrogens with zero attached hydrogens (tertiary/aromatic N) is 3. The highest BCUT2D eigenvalue weighted by Gasteiger charge is 2.55. The van der Waals surface area contributed by atoms with Gasteiger partial charge in [-0.1, -0.05) is 66.2 Å². The Hall–Kier alpha value is -3.58. The van der Waals surface area contributed by atoms with Gasteiger partial charge in [0.1, 0.15) is 0 Å². The molecule has 0 spiro atoms. The van der Waals surface area contributed by atoms with E-state index in [1.807, 2.05) is 36.4 Å². The maximum absolute atomic E-state index is 12.2. The van der Waals surface area contributed by atoms with Crippen molar-refractivity contribution in [3.8, 4) is 12.1 Å². The molecule has 0 saturated carbocycles. The van der Waals surface area contributed by atoms with Crippen molar-refractivity contribution >= 4 is 17.6 Å². The molecule has 0 radical (unpaired) electrons. The summed E-state index contributed by atoms with van der Waals surface area (Å²) in [5.74, 6) is -2.38. The van der Waals surface area contributed by atoms with Gasteiger partial charge in [-0.2, -0.15) is 10.5 Å². The SMILES string of the molecule is N#CC1(C#N)C(N)=C(C(=O)O)C2=CCN(Cc3ccccc3)C[C@H]2[C@H]1c1ccccc1Cl. The third-order valence-corrected chi connectivity index (χ3v) is 6.68. The molecule has 160 valence electrons. The highest BCUT2D eigenvalue weighted by Crippen LogP contribution is 2.55. The van der Waals surface area contributed by atoms with E-state index in [0.29, 0.717) is 35.8 Å². The molecule has 0 fully saturated rings. The highest BCUT2D eigenvalue weighted by atomic mass is 35.5. The van der Waals surface area contributed by atoms with Crippen molar-refractivity contribution in [3.05, 3.63) is 93.7 Å². The summed E-state index contributed by atoms with van der Waals surface area (Å²) < 4.78 is 0. The third kappa shape index (κ3) is 3.44. The van der Waals surface area contributed by atoms with Crippen LogP contribution in [0.2, 0.25) is 5.02 Å². The van der Waals surface area contributed by atoms with Gasteiger partial charge < -0.3 is 10.8 Å². The van der Waals surface area contributed by atoms with Crippen LogP contribution in [0.15, 0.2) is 77.5 Å². The molecular formula is C25H21ClN4O2. The number of hydrogen-bond donors (Lipinski definition) is 2. The van der Waals surface area contributed by atoms with E-state index in [0.717, 1.165) is 5.56 Å². The zero-order valence-corrected chi connectivity index (χ0v) is 18.0. The van der Waals surface area contributed by atoms with Crippen molar-refractivity contribution in [2.24, 2.45) is 17.1 Å². The van der Waals surface area contributed by atoms with Gasteiger partial charge in [0.2, 0.25) is 0 Å². The lowest BCUT2D eigenvalue weighted by molar-refractivity contribution is -0.132. The Morgan fingerprint density at radius 1 is 1.16 bits per heavy atom. The molecule has 6 nitrogen and oxygen atoms in total. The van der Waals surface area contributed by atoms with Crippen LogP contribution in [0.1, 0.15) is 17.0 Å². The van der Waals surface area contributed by atoms with Crippen LogP contribution in [0.25, 0.3) is 0 Å². The lowest BCUT2D eigenvalue weighted by atomic mass is 9.58. The van der Waals surface area contributed by atoms with Gasteiger partial charge in [-0.25, -0.2) is 4.79 Å². The van der Waals surface area contributed by atoms with E-state index in [2.05, 4.69) is 17.0 Å². The molecule has 0 bridgehead atoms. The quantitative estimate of drug-likeness (QED) is 0.740. The Kier molecular flexibility index (Phi) is 5.76. The second-order valence-electron chi connectivity index (χ2n) is 8.07. The Labute approximate surface area is 191 Å². The largest absolute Gasteiger partial charge is 0.478 e. The van der Waals surface area contributed by atoms with Crippen molar-refractivity contribution in [2.45, 2.75) is 12.5 Å². The molecule has 1 aliphatic carbocycles. The highest BCUT2D eigenvalue weighted by molar-refractivity contribution is 6.31. The van der Waals surface area contributed by atoms with Gasteiger partial charge in [0, 0.05) is 36.5 Å². The molecule has 0 amide bonds. The predicted octanol–water partition coefficient (Wildman–Crippen LogP) is 3.83. The first-order valence-corrected chi connectivity index (χ1v) is 10.6. The number of hydrogen-bond acceptors (Lipinski definition) is 5. The monoisotopic (exact) mass is 444 g/mol. The van der Waals surface area contributed by atoms with Crippen molar-refractivity contribution in [2.75, 3.05) is 13.1 Å². The zero-order valence-electron chi connectivity index (χ0n) is 17.2. The molecule has 0 unspecified atom stereocenters. The second-order valence-corrected chi connectivity index (χ2v) is 8.48. The van der Waals surface area contributed by atoms with Crippen LogP contribution in [-0.2, 0) is 11.3 Å². The summed E-state index contributed by atoms with van der Waals surface area (Å²) in [6.45, 7) is 1.65. The van der Waals surface area contributed by atoms with Crippen LogP contribution in [0.3, 0.4) is 0 Å². The van der Waals surface area contributed by atoms with Crippen LogP contribution in [-0.4, -0.2) is 29.1 Å². The number of aliphatic carboxylic acids is 1. The number of fused-ring (bicyclic) bond motifs is 1. The molecule has 4 rings (SSSR count). The van der Waals surface area contributed by atoms with Gasteiger partial charge in [-0.3, -0.25) is 4.90 Å². The number of rotatable bonds is 4. The minimum Gasteiger partial charge on any atom is -0.478 e. The summed E-state index contributed by atoms with van der Waals surface area (Å²) in [4.78, 5) is 14.4. The predicted molar refractivity (Wildman–Crippen MR) is 120 cm³/mol. The minimum absolute atomic E-state index is 0.138. The van der Waals surface area contributed by atoms with Crippen LogP contribution >= 0.6 is 11.6 Å². The second kappa shape index (κ2) is 8.51. The van der Waals surface area contributed by atoms with Gasteiger partial charge in [0.05, 0.1) is 23.4 Å². The standard InChI is InChI=1S/C25H21ClN4O2/c26-20-9-5-4-8-18(20)22-19-13-30(12-16-6-2-1-3-7-16)11-10-17(19)21(24(31)32)23(29)25(22,14-27)15-28/h1-10,19,22H,11-13,29H2,(H,31,32)/t19-,22-/m1/s1. The number of carbonyl (C=O) groups is 1. The molecule has 2 aromatic carbocycles. The average molecular weight is 445 g/mol. The number of nitrogens with two attached hydrogens (primary N) is 1. The lowest BCUT2D eigenvalue weighted by Gasteiger charge is -2.46. The Balaban J connectivity index is 1.89. The first-order chi connectivity index (χ1) is 15.4. The molecule has 7 heteroatoms. The van der Waals surface area contributed by atoms with Crippen molar-refractivity contribution in [3.63, 3.8) is 0 Å². The number of nitriles is 2. The first kappa shape index (κ1) is 21.6. The van der Waals surface area contributed by atoms with E-state index in [4.69, 9.17) is 17.3 Å². The molecule has 32 heavy (non-hydrogen) atoms. The molecule has 2 atom stereocenters. The lowest BCUT2D eigenvalue weighted by Crippen LogP contribution is -2.49. The Bertz CT molecular complexity index is 1190. The number of carboxylic acid groups (broad SMARTS) is 1. The van der Waals surface area contributed by atoms with Crippen LogP contribution in [0, 0.1) is 34.0 Å². The molecular weight excluding hydrogens is 424 g/mol. The van der Waals surface area contributed by atoms with Gasteiger partial charge >= 0.3 is 5.97 Å². The first-order valence-electron chi connectivity index (χ1n) is 10.2. The molecule has 1 aliphatic heterocycles. The summed E-state index contributed by atoms with van der Waals surface area (Å²) in [5.41, 5.74) is 6.36. The Morgan fingerprint density at radius 2 is 1.81 bits per heavy atom. The topological polar surface area (TPSA) is 114 Å². The molecule has 3 N–H and O–H groups in total. The van der Waals surface area contributed by atoms with Crippen molar-refractivity contribution in [1.82, 2.24) is 4.90 Å². The van der Waals surface area contributed by atoms with E-state index in [9.17, 15) is 20.4 Å². The van der Waals surface area contributed by atoms with E-state index < -0.39 is 23.2 Å². The number of carboxylic acids is 1. The van der Waals surface area contributed by atoms with E-state index in [1.165, 1.54) is 0 Å². The van der Waals surface area contributed by atoms with Gasteiger partial charge in [0.15, 0.2) is 5.41 Å². The van der Waals surface area contributed by atoms with Crippen molar-refractivity contribution in [1.29, 1.82) is 10.5 Å². The van der Waals surface area contributed by atoms with Gasteiger partial charge in [-0.05, 0) is 22.8 Å². The molecule has 2 aliphatic rings. The summed E-state index contributed by atoms with van der Waals surface area (Å²) >= 11 is 6.52. The van der Waals surface area contributed by atoms with Crippen LogP contribution < -0.4 is 5.73 Å². The van der Waals surface area contributed by atoms with Crippen LogP contribution in [0.4, 0.5) is 0 Å². The Morgan fingerprint density at radius 3 is 2.44 bits per heavy atom. The van der Waals surface area contributed by atoms with Gasteiger partial charge in [-0.15, -0.1) is 0 Å². The number of benzene rings is 2.